The van der Waals surface area contributed by atoms with Crippen LogP contribution in [-0.4, -0.2) is 51.5 Å². The van der Waals surface area contributed by atoms with Crippen LogP contribution in [0.3, 0.4) is 0 Å². The van der Waals surface area contributed by atoms with Crippen LogP contribution in [0.25, 0.3) is 0 Å². The fourth-order valence-corrected chi connectivity index (χ4v) is 3.73. The molecular formula is C16H26N2O2S. The van der Waals surface area contributed by atoms with Gasteiger partial charge >= 0.3 is 0 Å². The Balaban J connectivity index is 2.12. The summed E-state index contributed by atoms with van der Waals surface area (Å²) in [6.45, 7) is 4.95. The van der Waals surface area contributed by atoms with Crippen LogP contribution in [0.4, 0.5) is 5.69 Å². The first-order chi connectivity index (χ1) is 9.90. The zero-order valence-corrected chi connectivity index (χ0v) is 14.1. The second-order valence-corrected chi connectivity index (χ2v) is 8.28. The van der Waals surface area contributed by atoms with Crippen molar-refractivity contribution in [1.82, 2.24) is 4.90 Å². The van der Waals surface area contributed by atoms with Crippen molar-refractivity contribution in [2.75, 3.05) is 37.0 Å². The molecule has 0 amide bonds. The zero-order valence-electron chi connectivity index (χ0n) is 13.2. The van der Waals surface area contributed by atoms with E-state index in [9.17, 15) is 8.42 Å². The van der Waals surface area contributed by atoms with Gasteiger partial charge in [-0.05, 0) is 31.0 Å². The van der Waals surface area contributed by atoms with Crippen molar-refractivity contribution in [3.63, 3.8) is 0 Å². The number of benzene rings is 1. The van der Waals surface area contributed by atoms with Crippen molar-refractivity contribution >= 4 is 15.5 Å². The molecule has 0 spiro atoms. The van der Waals surface area contributed by atoms with Gasteiger partial charge in [-0.15, -0.1) is 0 Å². The Hall–Kier alpha value is -1.07. The van der Waals surface area contributed by atoms with Gasteiger partial charge in [0.05, 0.1) is 5.75 Å². The molecule has 1 aromatic rings. The van der Waals surface area contributed by atoms with E-state index in [-0.39, 0.29) is 5.75 Å². The molecule has 0 saturated heterocycles. The van der Waals surface area contributed by atoms with Gasteiger partial charge in [0.2, 0.25) is 0 Å². The highest BCUT2D eigenvalue weighted by Crippen LogP contribution is 2.27. The third kappa shape index (κ3) is 4.45. The minimum absolute atomic E-state index is 0.275. The molecule has 0 radical (unpaired) electrons. The fourth-order valence-electron chi connectivity index (χ4n) is 3.07. The Bertz CT molecular complexity index is 571. The molecule has 0 N–H and O–H groups in total. The first-order valence-corrected chi connectivity index (χ1v) is 9.67. The van der Waals surface area contributed by atoms with Gasteiger partial charge in [-0.3, -0.25) is 4.90 Å². The lowest BCUT2D eigenvalue weighted by atomic mass is 10.1. The van der Waals surface area contributed by atoms with Crippen LogP contribution >= 0.6 is 0 Å². The molecule has 4 nitrogen and oxygen atoms in total. The lowest BCUT2D eigenvalue weighted by Gasteiger charge is -2.30. The summed E-state index contributed by atoms with van der Waals surface area (Å²) in [7, 11) is -0.726. The maximum atomic E-state index is 11.3. The number of hydrogen-bond donors (Lipinski definition) is 0. The molecule has 0 bridgehead atoms. The highest BCUT2D eigenvalue weighted by atomic mass is 32.2. The van der Waals surface area contributed by atoms with Gasteiger partial charge in [-0.1, -0.05) is 25.1 Å². The van der Waals surface area contributed by atoms with Crippen molar-refractivity contribution in [3.05, 3.63) is 29.8 Å². The van der Waals surface area contributed by atoms with E-state index in [1.807, 2.05) is 0 Å². The number of para-hydroxylation sites is 1. The van der Waals surface area contributed by atoms with Crippen LogP contribution in [-0.2, 0) is 16.4 Å². The smallest absolute Gasteiger partial charge is 0.147 e. The fraction of sp³-hybridized carbons (Fsp3) is 0.625. The summed E-state index contributed by atoms with van der Waals surface area (Å²) in [5.41, 5.74) is 2.62. The maximum Gasteiger partial charge on any atom is 0.147 e. The number of nitrogens with zero attached hydrogens (tertiary/aromatic N) is 2. The third-order valence-corrected chi connectivity index (χ3v) is 5.24. The molecule has 21 heavy (non-hydrogen) atoms. The first-order valence-electron chi connectivity index (χ1n) is 7.61. The Morgan fingerprint density at radius 2 is 2.00 bits per heavy atom. The summed E-state index contributed by atoms with van der Waals surface area (Å²) in [5.74, 6) is 0.275. The third-order valence-electron chi connectivity index (χ3n) is 4.21. The number of hydrogen-bond acceptors (Lipinski definition) is 4. The molecule has 0 aromatic heterocycles. The van der Waals surface area contributed by atoms with Crippen molar-refractivity contribution in [2.24, 2.45) is 0 Å². The monoisotopic (exact) mass is 310 g/mol. The summed E-state index contributed by atoms with van der Waals surface area (Å²) in [6, 6.07) is 8.97. The second kappa shape index (κ2) is 6.79. The number of fused-ring (bicyclic) bond motifs is 1. The van der Waals surface area contributed by atoms with Gasteiger partial charge in [-0.25, -0.2) is 8.42 Å². The van der Waals surface area contributed by atoms with Gasteiger partial charge < -0.3 is 4.90 Å². The number of sulfone groups is 1. The van der Waals surface area contributed by atoms with E-state index in [1.54, 1.807) is 0 Å². The molecule has 2 rings (SSSR count). The largest absolute Gasteiger partial charge is 0.373 e. The average Bonchev–Trinajstić information content (AvgIpc) is 2.55. The van der Waals surface area contributed by atoms with Crippen LogP contribution < -0.4 is 4.90 Å². The summed E-state index contributed by atoms with van der Waals surface area (Å²) in [4.78, 5) is 4.76. The van der Waals surface area contributed by atoms with Crippen molar-refractivity contribution in [2.45, 2.75) is 32.4 Å². The highest BCUT2D eigenvalue weighted by molar-refractivity contribution is 7.90. The molecule has 1 aliphatic heterocycles. The SMILES string of the molecule is CCC1CN(C)c2ccccc2CN1CCCS(C)(=O)=O. The van der Waals surface area contributed by atoms with Gasteiger partial charge in [0.15, 0.2) is 0 Å². The number of anilines is 1. The van der Waals surface area contributed by atoms with Crippen LogP contribution in [0.1, 0.15) is 25.3 Å². The van der Waals surface area contributed by atoms with E-state index in [0.717, 1.165) is 26.1 Å². The summed E-state index contributed by atoms with van der Waals surface area (Å²) in [5, 5.41) is 0. The highest BCUT2D eigenvalue weighted by Gasteiger charge is 2.24. The number of rotatable bonds is 5. The molecule has 5 heteroatoms. The minimum atomic E-state index is -2.87. The normalized spacial score (nSPS) is 20.1. The summed E-state index contributed by atoms with van der Waals surface area (Å²) >= 11 is 0. The molecule has 1 heterocycles. The second-order valence-electron chi connectivity index (χ2n) is 6.03. The minimum Gasteiger partial charge on any atom is -0.373 e. The number of likely N-dealkylation sites (N-methyl/N-ethyl adjacent to an activating group) is 1. The quantitative estimate of drug-likeness (QED) is 0.835. The van der Waals surface area contributed by atoms with E-state index < -0.39 is 9.84 Å². The van der Waals surface area contributed by atoms with E-state index in [0.29, 0.717) is 12.5 Å². The van der Waals surface area contributed by atoms with Crippen LogP contribution in [0.15, 0.2) is 24.3 Å². The first kappa shape index (κ1) is 16.3. The lowest BCUT2D eigenvalue weighted by Crippen LogP contribution is -2.40. The van der Waals surface area contributed by atoms with Gasteiger partial charge in [0.25, 0.3) is 0 Å². The Morgan fingerprint density at radius 1 is 1.29 bits per heavy atom. The van der Waals surface area contributed by atoms with Crippen LogP contribution in [0, 0.1) is 0 Å². The van der Waals surface area contributed by atoms with E-state index >= 15 is 0 Å². The molecule has 0 fully saturated rings. The topological polar surface area (TPSA) is 40.6 Å². The summed E-state index contributed by atoms with van der Waals surface area (Å²) < 4.78 is 22.6. The standard InChI is InChI=1S/C16H26N2O2S/c1-4-15-13-17(2)16-9-6-5-8-14(16)12-18(15)10-7-11-21(3,19)20/h5-6,8-9,15H,4,7,10-13H2,1-3H3. The van der Waals surface area contributed by atoms with E-state index in [4.69, 9.17) is 0 Å². The van der Waals surface area contributed by atoms with Crippen LogP contribution in [0.5, 0.6) is 0 Å². The molecule has 0 saturated carbocycles. The zero-order chi connectivity index (χ0) is 15.5. The van der Waals surface area contributed by atoms with Gasteiger partial charge in [-0.2, -0.15) is 0 Å². The van der Waals surface area contributed by atoms with Crippen molar-refractivity contribution < 1.29 is 8.42 Å². The van der Waals surface area contributed by atoms with Crippen molar-refractivity contribution in [3.8, 4) is 0 Å². The van der Waals surface area contributed by atoms with E-state index in [1.165, 1.54) is 17.5 Å². The predicted octanol–water partition coefficient (Wildman–Crippen LogP) is 2.15. The van der Waals surface area contributed by atoms with Gasteiger partial charge in [0.1, 0.15) is 9.84 Å². The molecule has 1 aliphatic rings. The summed E-state index contributed by atoms with van der Waals surface area (Å²) in [6.07, 6.45) is 3.11. The molecule has 1 atom stereocenters. The maximum absolute atomic E-state index is 11.3. The average molecular weight is 310 g/mol. The Morgan fingerprint density at radius 3 is 2.67 bits per heavy atom. The van der Waals surface area contributed by atoms with Crippen LogP contribution in [0.2, 0.25) is 0 Å². The predicted molar refractivity (Wildman–Crippen MR) is 88.5 cm³/mol. The van der Waals surface area contributed by atoms with Crippen molar-refractivity contribution in [1.29, 1.82) is 0 Å². The molecule has 1 unspecified atom stereocenters. The van der Waals surface area contributed by atoms with E-state index in [2.05, 4.69) is 48.0 Å². The molecule has 0 aliphatic carbocycles. The Labute approximate surface area is 128 Å². The molecule has 1 aromatic carbocycles. The molecular weight excluding hydrogens is 284 g/mol. The lowest BCUT2D eigenvalue weighted by molar-refractivity contribution is 0.191. The van der Waals surface area contributed by atoms with Gasteiger partial charge in [0, 0.05) is 38.1 Å². The Kier molecular flexibility index (Phi) is 5.27. The molecule has 118 valence electrons.